The standard InChI is InChI=1S/C11H5ClF3NO2S/c12-7-2-5(1-6(3-7)9(17)18)8-4-16-10(19-8)11(13,14)15/h1-4H,(H,17,18). The van der Waals surface area contributed by atoms with Gasteiger partial charge in [0.15, 0.2) is 5.01 Å². The van der Waals surface area contributed by atoms with Crippen molar-refractivity contribution in [3.63, 3.8) is 0 Å². The van der Waals surface area contributed by atoms with E-state index in [1.54, 1.807) is 0 Å². The molecule has 0 spiro atoms. The van der Waals surface area contributed by atoms with Gasteiger partial charge in [-0.2, -0.15) is 13.2 Å². The van der Waals surface area contributed by atoms with Crippen molar-refractivity contribution in [1.29, 1.82) is 0 Å². The van der Waals surface area contributed by atoms with Crippen molar-refractivity contribution in [2.24, 2.45) is 0 Å². The maximum absolute atomic E-state index is 12.4. The number of thiazole rings is 1. The van der Waals surface area contributed by atoms with Gasteiger partial charge in [0.1, 0.15) is 0 Å². The van der Waals surface area contributed by atoms with Crippen molar-refractivity contribution in [2.75, 3.05) is 0 Å². The van der Waals surface area contributed by atoms with Gasteiger partial charge >= 0.3 is 12.1 Å². The van der Waals surface area contributed by atoms with Gasteiger partial charge in [-0.05, 0) is 23.8 Å². The van der Waals surface area contributed by atoms with E-state index >= 15 is 0 Å². The average molecular weight is 308 g/mol. The number of carbonyl (C=O) groups is 1. The molecule has 0 bridgehead atoms. The largest absolute Gasteiger partial charge is 0.478 e. The minimum atomic E-state index is -4.52. The highest BCUT2D eigenvalue weighted by Crippen LogP contribution is 2.37. The minimum absolute atomic E-state index is 0.0931. The molecular weight excluding hydrogens is 303 g/mol. The van der Waals surface area contributed by atoms with E-state index in [0.717, 1.165) is 6.20 Å². The normalized spacial score (nSPS) is 11.6. The number of hydrogen-bond acceptors (Lipinski definition) is 3. The summed E-state index contributed by atoms with van der Waals surface area (Å²) in [6.45, 7) is 0. The van der Waals surface area contributed by atoms with Crippen LogP contribution in [0, 0.1) is 0 Å². The van der Waals surface area contributed by atoms with Crippen molar-refractivity contribution in [3.8, 4) is 10.4 Å². The number of benzene rings is 1. The number of carboxylic acid groups (broad SMARTS) is 1. The smallest absolute Gasteiger partial charge is 0.443 e. The summed E-state index contributed by atoms with van der Waals surface area (Å²) in [5.41, 5.74) is 0.197. The number of aromatic carboxylic acids is 1. The Morgan fingerprint density at radius 1 is 1.32 bits per heavy atom. The molecule has 1 aromatic carbocycles. The van der Waals surface area contributed by atoms with Gasteiger partial charge < -0.3 is 5.11 Å². The number of nitrogens with zero attached hydrogens (tertiary/aromatic N) is 1. The molecule has 1 aromatic heterocycles. The molecule has 0 aliphatic heterocycles. The molecule has 100 valence electrons. The summed E-state index contributed by atoms with van der Waals surface area (Å²) in [4.78, 5) is 14.3. The summed E-state index contributed by atoms with van der Waals surface area (Å²) in [5.74, 6) is -1.20. The number of hydrogen-bond donors (Lipinski definition) is 1. The second-order valence-corrected chi connectivity index (χ2v) is 5.03. The molecular formula is C11H5ClF3NO2S. The lowest BCUT2D eigenvalue weighted by Gasteiger charge is -2.02. The Kier molecular flexibility index (Phi) is 3.51. The van der Waals surface area contributed by atoms with E-state index in [9.17, 15) is 18.0 Å². The highest BCUT2D eigenvalue weighted by atomic mass is 35.5. The summed E-state index contributed by atoms with van der Waals surface area (Å²) in [7, 11) is 0. The van der Waals surface area contributed by atoms with Crippen molar-refractivity contribution in [1.82, 2.24) is 4.98 Å². The minimum Gasteiger partial charge on any atom is -0.478 e. The number of carboxylic acids is 1. The van der Waals surface area contributed by atoms with Crippen LogP contribution in [0.25, 0.3) is 10.4 Å². The average Bonchev–Trinajstić information content (AvgIpc) is 2.76. The predicted octanol–water partition coefficient (Wildman–Crippen LogP) is 4.18. The number of rotatable bonds is 2. The van der Waals surface area contributed by atoms with E-state index in [1.165, 1.54) is 18.2 Å². The van der Waals surface area contributed by atoms with Crippen molar-refractivity contribution in [2.45, 2.75) is 6.18 Å². The van der Waals surface area contributed by atoms with E-state index < -0.39 is 17.2 Å². The first kappa shape index (κ1) is 13.8. The molecule has 1 N–H and O–H groups in total. The zero-order valence-corrected chi connectivity index (χ0v) is 10.6. The number of halogens is 4. The summed E-state index contributed by atoms with van der Waals surface area (Å²) in [5, 5.41) is 8.01. The maximum atomic E-state index is 12.4. The van der Waals surface area contributed by atoms with Crippen LogP contribution in [-0.4, -0.2) is 16.1 Å². The second kappa shape index (κ2) is 4.82. The zero-order chi connectivity index (χ0) is 14.2. The molecule has 1 heterocycles. The van der Waals surface area contributed by atoms with Crippen LogP contribution in [0.15, 0.2) is 24.4 Å². The molecule has 2 rings (SSSR count). The van der Waals surface area contributed by atoms with Crippen LogP contribution in [0.5, 0.6) is 0 Å². The quantitative estimate of drug-likeness (QED) is 0.905. The van der Waals surface area contributed by atoms with E-state index in [1.807, 2.05) is 0 Å². The molecule has 0 atom stereocenters. The summed E-state index contributed by atoms with van der Waals surface area (Å²) in [6, 6.07) is 3.86. The molecule has 0 unspecified atom stereocenters. The molecule has 8 heteroatoms. The lowest BCUT2D eigenvalue weighted by Crippen LogP contribution is -2.02. The fraction of sp³-hybridized carbons (Fsp3) is 0.0909. The number of alkyl halides is 3. The first-order chi connectivity index (χ1) is 8.77. The molecule has 0 fully saturated rings. The first-order valence-electron chi connectivity index (χ1n) is 4.84. The lowest BCUT2D eigenvalue weighted by atomic mass is 10.1. The molecule has 0 amide bonds. The molecule has 2 aromatic rings. The zero-order valence-electron chi connectivity index (χ0n) is 9.03. The van der Waals surface area contributed by atoms with E-state index in [-0.39, 0.29) is 21.0 Å². The first-order valence-corrected chi connectivity index (χ1v) is 6.04. The third-order valence-electron chi connectivity index (χ3n) is 2.18. The van der Waals surface area contributed by atoms with E-state index in [0.29, 0.717) is 11.3 Å². The third kappa shape index (κ3) is 3.05. The molecule has 0 saturated carbocycles. The Hall–Kier alpha value is -1.60. The van der Waals surface area contributed by atoms with Gasteiger partial charge in [-0.1, -0.05) is 11.6 Å². The van der Waals surface area contributed by atoms with Crippen LogP contribution in [-0.2, 0) is 6.18 Å². The molecule has 3 nitrogen and oxygen atoms in total. The highest BCUT2D eigenvalue weighted by molar-refractivity contribution is 7.15. The Balaban J connectivity index is 2.47. The van der Waals surface area contributed by atoms with Crippen LogP contribution in [0.3, 0.4) is 0 Å². The molecule has 19 heavy (non-hydrogen) atoms. The van der Waals surface area contributed by atoms with Gasteiger partial charge in [0, 0.05) is 11.2 Å². The monoisotopic (exact) mass is 307 g/mol. The van der Waals surface area contributed by atoms with Gasteiger partial charge in [-0.3, -0.25) is 0 Å². The third-order valence-corrected chi connectivity index (χ3v) is 3.49. The summed E-state index contributed by atoms with van der Waals surface area (Å²) in [6.07, 6.45) is -3.47. The van der Waals surface area contributed by atoms with Crippen LogP contribution >= 0.6 is 22.9 Å². The molecule has 0 radical (unpaired) electrons. The maximum Gasteiger partial charge on any atom is 0.443 e. The fourth-order valence-corrected chi connectivity index (χ4v) is 2.40. The predicted molar refractivity (Wildman–Crippen MR) is 64.5 cm³/mol. The SMILES string of the molecule is O=C(O)c1cc(Cl)cc(-c2cnc(C(F)(F)F)s2)c1. The van der Waals surface area contributed by atoms with E-state index in [2.05, 4.69) is 4.98 Å². The van der Waals surface area contributed by atoms with Crippen LogP contribution in [0.1, 0.15) is 15.4 Å². The van der Waals surface area contributed by atoms with Gasteiger partial charge in [-0.25, -0.2) is 9.78 Å². The van der Waals surface area contributed by atoms with Crippen LogP contribution in [0.4, 0.5) is 13.2 Å². The molecule has 0 aliphatic rings. The van der Waals surface area contributed by atoms with Crippen molar-refractivity contribution >= 4 is 28.9 Å². The number of aromatic nitrogens is 1. The topological polar surface area (TPSA) is 50.2 Å². The van der Waals surface area contributed by atoms with Gasteiger partial charge in [0.2, 0.25) is 0 Å². The van der Waals surface area contributed by atoms with Gasteiger partial charge in [0.05, 0.1) is 10.4 Å². The van der Waals surface area contributed by atoms with Crippen molar-refractivity contribution in [3.05, 3.63) is 40.0 Å². The van der Waals surface area contributed by atoms with Crippen LogP contribution in [0.2, 0.25) is 5.02 Å². The Bertz CT molecular complexity index is 639. The molecule has 0 aliphatic carbocycles. The Labute approximate surface area is 114 Å². The van der Waals surface area contributed by atoms with Crippen LogP contribution < -0.4 is 0 Å². The second-order valence-electron chi connectivity index (χ2n) is 3.56. The fourth-order valence-electron chi connectivity index (χ4n) is 1.39. The van der Waals surface area contributed by atoms with E-state index in [4.69, 9.17) is 16.7 Å². The van der Waals surface area contributed by atoms with Gasteiger partial charge in [0.25, 0.3) is 0 Å². The highest BCUT2D eigenvalue weighted by Gasteiger charge is 2.34. The lowest BCUT2D eigenvalue weighted by molar-refractivity contribution is -0.137. The van der Waals surface area contributed by atoms with Crippen molar-refractivity contribution < 1.29 is 23.1 Å². The molecule has 0 saturated heterocycles. The summed E-state index contributed by atoms with van der Waals surface area (Å²) >= 11 is 6.17. The van der Waals surface area contributed by atoms with Gasteiger partial charge in [-0.15, -0.1) is 11.3 Å². The summed E-state index contributed by atoms with van der Waals surface area (Å²) < 4.78 is 37.3. The Morgan fingerprint density at radius 2 is 2.00 bits per heavy atom. The Morgan fingerprint density at radius 3 is 2.53 bits per heavy atom.